The number of benzene rings is 1. The summed E-state index contributed by atoms with van der Waals surface area (Å²) in [7, 11) is 0. The molecular weight excluding hydrogens is 298 g/mol. The van der Waals surface area contributed by atoms with E-state index in [4.69, 9.17) is 4.74 Å². The molecule has 0 bridgehead atoms. The van der Waals surface area contributed by atoms with Gasteiger partial charge in [0.05, 0.1) is 11.6 Å². The number of nitrogens with one attached hydrogen (secondary N) is 1. The Kier molecular flexibility index (Phi) is 5.72. The first-order chi connectivity index (χ1) is 10.6. The number of carbonyl (C=O) groups is 2. The minimum absolute atomic E-state index is 0.0551. The molecule has 0 aliphatic heterocycles. The Morgan fingerprint density at radius 1 is 1.23 bits per heavy atom. The van der Waals surface area contributed by atoms with Crippen molar-refractivity contribution in [3.05, 3.63) is 52.4 Å². The molecule has 0 aliphatic carbocycles. The SMILES string of the molecule is CCOC(=O)c1sc(NC(=O)CCc2ccccc2)cc1C. The molecule has 116 valence electrons. The number of ether oxygens (including phenoxy) is 1. The maximum Gasteiger partial charge on any atom is 0.348 e. The molecule has 1 amide bonds. The maximum absolute atomic E-state index is 12.0. The van der Waals surface area contributed by atoms with Crippen LogP contribution in [0, 0.1) is 6.92 Å². The average molecular weight is 317 g/mol. The maximum atomic E-state index is 12.0. The van der Waals surface area contributed by atoms with Crippen molar-refractivity contribution in [2.45, 2.75) is 26.7 Å². The van der Waals surface area contributed by atoms with E-state index in [2.05, 4.69) is 5.32 Å². The van der Waals surface area contributed by atoms with Crippen LogP contribution in [-0.4, -0.2) is 18.5 Å². The molecule has 0 fully saturated rings. The molecule has 4 nitrogen and oxygen atoms in total. The summed E-state index contributed by atoms with van der Waals surface area (Å²) in [6.45, 7) is 3.95. The molecular formula is C17H19NO3S. The van der Waals surface area contributed by atoms with Crippen molar-refractivity contribution < 1.29 is 14.3 Å². The van der Waals surface area contributed by atoms with Crippen LogP contribution in [0.25, 0.3) is 0 Å². The highest BCUT2D eigenvalue weighted by molar-refractivity contribution is 7.18. The lowest BCUT2D eigenvalue weighted by atomic mass is 10.1. The highest BCUT2D eigenvalue weighted by Gasteiger charge is 2.15. The molecule has 0 spiro atoms. The number of rotatable bonds is 6. The molecule has 0 saturated heterocycles. The highest BCUT2D eigenvalue weighted by Crippen LogP contribution is 2.27. The van der Waals surface area contributed by atoms with Gasteiger partial charge in [-0.3, -0.25) is 4.79 Å². The van der Waals surface area contributed by atoms with E-state index in [1.165, 1.54) is 11.3 Å². The number of hydrogen-bond acceptors (Lipinski definition) is 4. The molecule has 22 heavy (non-hydrogen) atoms. The number of carbonyl (C=O) groups excluding carboxylic acids is 2. The van der Waals surface area contributed by atoms with Gasteiger partial charge in [-0.15, -0.1) is 11.3 Å². The molecule has 0 radical (unpaired) electrons. The van der Waals surface area contributed by atoms with Gasteiger partial charge in [-0.05, 0) is 37.5 Å². The van der Waals surface area contributed by atoms with Crippen molar-refractivity contribution in [2.75, 3.05) is 11.9 Å². The van der Waals surface area contributed by atoms with Crippen LogP contribution in [0.2, 0.25) is 0 Å². The summed E-state index contributed by atoms with van der Waals surface area (Å²) in [5, 5.41) is 3.52. The molecule has 1 aromatic heterocycles. The van der Waals surface area contributed by atoms with Gasteiger partial charge in [0.2, 0.25) is 5.91 Å². The van der Waals surface area contributed by atoms with E-state index < -0.39 is 0 Å². The van der Waals surface area contributed by atoms with Crippen LogP contribution in [0.5, 0.6) is 0 Å². The van der Waals surface area contributed by atoms with Gasteiger partial charge in [0.25, 0.3) is 0 Å². The number of hydrogen-bond donors (Lipinski definition) is 1. The fourth-order valence-electron chi connectivity index (χ4n) is 2.05. The van der Waals surface area contributed by atoms with Crippen LogP contribution in [-0.2, 0) is 16.0 Å². The van der Waals surface area contributed by atoms with Crippen molar-refractivity contribution in [3.63, 3.8) is 0 Å². The van der Waals surface area contributed by atoms with E-state index in [1.54, 1.807) is 13.0 Å². The highest BCUT2D eigenvalue weighted by atomic mass is 32.1. The van der Waals surface area contributed by atoms with E-state index in [9.17, 15) is 9.59 Å². The van der Waals surface area contributed by atoms with Gasteiger partial charge in [0, 0.05) is 6.42 Å². The lowest BCUT2D eigenvalue weighted by molar-refractivity contribution is -0.116. The van der Waals surface area contributed by atoms with E-state index in [1.807, 2.05) is 37.3 Å². The standard InChI is InChI=1S/C17H19NO3S/c1-3-21-17(20)16-12(2)11-15(22-16)18-14(19)10-9-13-7-5-4-6-8-13/h4-8,11H,3,9-10H2,1-2H3,(H,18,19). The summed E-state index contributed by atoms with van der Waals surface area (Å²) in [5.41, 5.74) is 1.95. The van der Waals surface area contributed by atoms with E-state index in [0.29, 0.717) is 29.3 Å². The fraction of sp³-hybridized carbons (Fsp3) is 0.294. The normalized spacial score (nSPS) is 10.3. The average Bonchev–Trinajstić information content (AvgIpc) is 2.87. The predicted octanol–water partition coefficient (Wildman–Crippen LogP) is 3.80. The molecule has 0 aliphatic rings. The summed E-state index contributed by atoms with van der Waals surface area (Å²) in [4.78, 5) is 24.3. The summed E-state index contributed by atoms with van der Waals surface area (Å²) in [6.07, 6.45) is 1.11. The number of thiophene rings is 1. The fourth-order valence-corrected chi connectivity index (χ4v) is 3.03. The first kappa shape index (κ1) is 16.2. The van der Waals surface area contributed by atoms with Crippen LogP contribution in [0.1, 0.15) is 34.1 Å². The number of esters is 1. The van der Waals surface area contributed by atoms with Crippen molar-refractivity contribution in [1.29, 1.82) is 0 Å². The third kappa shape index (κ3) is 4.43. The lowest BCUT2D eigenvalue weighted by Gasteiger charge is -2.02. The molecule has 0 atom stereocenters. The number of amides is 1. The Morgan fingerprint density at radius 2 is 1.95 bits per heavy atom. The third-order valence-corrected chi connectivity index (χ3v) is 4.26. The zero-order valence-corrected chi connectivity index (χ0v) is 13.5. The van der Waals surface area contributed by atoms with Crippen molar-refractivity contribution in [3.8, 4) is 0 Å². The van der Waals surface area contributed by atoms with Gasteiger partial charge in [-0.25, -0.2) is 4.79 Å². The van der Waals surface area contributed by atoms with E-state index in [0.717, 1.165) is 11.1 Å². The van der Waals surface area contributed by atoms with Crippen LogP contribution < -0.4 is 5.32 Å². The second-order valence-electron chi connectivity index (χ2n) is 4.88. The summed E-state index contributed by atoms with van der Waals surface area (Å²) < 4.78 is 4.99. The molecule has 5 heteroatoms. The van der Waals surface area contributed by atoms with Crippen LogP contribution in [0.4, 0.5) is 5.00 Å². The Hall–Kier alpha value is -2.14. The summed E-state index contributed by atoms with van der Waals surface area (Å²) in [5.74, 6) is -0.393. The first-order valence-corrected chi connectivity index (χ1v) is 8.03. The molecule has 1 aromatic carbocycles. The van der Waals surface area contributed by atoms with Crippen molar-refractivity contribution in [1.82, 2.24) is 0 Å². The quantitative estimate of drug-likeness (QED) is 0.824. The smallest absolute Gasteiger partial charge is 0.348 e. The van der Waals surface area contributed by atoms with Crippen LogP contribution in [0.3, 0.4) is 0 Å². The van der Waals surface area contributed by atoms with Gasteiger partial charge in [-0.1, -0.05) is 30.3 Å². The molecule has 2 aromatic rings. The van der Waals surface area contributed by atoms with E-state index >= 15 is 0 Å². The summed E-state index contributed by atoms with van der Waals surface area (Å²) in [6, 6.07) is 11.7. The molecule has 1 N–H and O–H groups in total. The minimum atomic E-state index is -0.338. The Labute approximate surface area is 134 Å². The second-order valence-corrected chi connectivity index (χ2v) is 5.93. The van der Waals surface area contributed by atoms with Crippen LogP contribution >= 0.6 is 11.3 Å². The number of aryl methyl sites for hydroxylation is 2. The van der Waals surface area contributed by atoms with Crippen molar-refractivity contribution in [2.24, 2.45) is 0 Å². The first-order valence-electron chi connectivity index (χ1n) is 7.21. The monoisotopic (exact) mass is 317 g/mol. The van der Waals surface area contributed by atoms with Crippen molar-refractivity contribution >= 4 is 28.2 Å². The van der Waals surface area contributed by atoms with Gasteiger partial charge >= 0.3 is 5.97 Å². The Morgan fingerprint density at radius 3 is 2.64 bits per heavy atom. The molecule has 0 saturated carbocycles. The molecule has 2 rings (SSSR count). The Bertz CT molecular complexity index is 649. The zero-order chi connectivity index (χ0) is 15.9. The Balaban J connectivity index is 1.92. The largest absolute Gasteiger partial charge is 0.462 e. The molecule has 0 unspecified atom stereocenters. The number of anilines is 1. The predicted molar refractivity (Wildman–Crippen MR) is 88.4 cm³/mol. The van der Waals surface area contributed by atoms with Crippen LogP contribution in [0.15, 0.2) is 36.4 Å². The zero-order valence-electron chi connectivity index (χ0n) is 12.7. The van der Waals surface area contributed by atoms with Gasteiger partial charge in [0.15, 0.2) is 0 Å². The lowest BCUT2D eigenvalue weighted by Crippen LogP contribution is -2.11. The van der Waals surface area contributed by atoms with Gasteiger partial charge in [-0.2, -0.15) is 0 Å². The third-order valence-electron chi connectivity index (χ3n) is 3.12. The molecule has 1 heterocycles. The second kappa shape index (κ2) is 7.75. The minimum Gasteiger partial charge on any atom is -0.462 e. The topological polar surface area (TPSA) is 55.4 Å². The van der Waals surface area contributed by atoms with Gasteiger partial charge < -0.3 is 10.1 Å². The van der Waals surface area contributed by atoms with Gasteiger partial charge in [0.1, 0.15) is 4.88 Å². The van der Waals surface area contributed by atoms with E-state index in [-0.39, 0.29) is 11.9 Å². The summed E-state index contributed by atoms with van der Waals surface area (Å²) >= 11 is 1.25.